The summed E-state index contributed by atoms with van der Waals surface area (Å²) < 4.78 is 12.9. The molecule has 4 nitrogen and oxygen atoms in total. The van der Waals surface area contributed by atoms with Gasteiger partial charge in [-0.25, -0.2) is 19.3 Å². The van der Waals surface area contributed by atoms with E-state index in [-0.39, 0.29) is 5.82 Å². The lowest BCUT2D eigenvalue weighted by atomic mass is 10.0. The normalized spacial score (nSPS) is 13.9. The van der Waals surface area contributed by atoms with E-state index in [1.165, 1.54) is 17.8 Å². The van der Waals surface area contributed by atoms with Crippen LogP contribution in [0.15, 0.2) is 18.3 Å². The van der Waals surface area contributed by atoms with Gasteiger partial charge >= 0.3 is 0 Å². The number of fused-ring (bicyclic) bond motifs is 1. The number of nitrogens with one attached hydrogen (secondary N) is 1. The molecule has 5 heteroatoms. The second-order valence-electron chi connectivity index (χ2n) is 4.98. The molecule has 0 unspecified atom stereocenters. The maximum atomic E-state index is 12.9. The number of rotatable bonds is 2. The fraction of sp³-hybridized carbons (Fsp3) is 0.357. The van der Waals surface area contributed by atoms with Crippen LogP contribution < -0.4 is 5.32 Å². The summed E-state index contributed by atoms with van der Waals surface area (Å²) >= 11 is 0. The number of hydrogen-bond donors (Lipinski definition) is 1. The van der Waals surface area contributed by atoms with Gasteiger partial charge in [-0.15, -0.1) is 0 Å². The highest BCUT2D eigenvalue weighted by Gasteiger charge is 2.21. The van der Waals surface area contributed by atoms with Gasteiger partial charge in [0.05, 0.1) is 17.6 Å². The third kappa shape index (κ3) is 2.21. The molecule has 0 atom stereocenters. The van der Waals surface area contributed by atoms with Gasteiger partial charge in [0, 0.05) is 18.7 Å². The maximum Gasteiger partial charge on any atom is 0.178 e. The fourth-order valence-electron chi connectivity index (χ4n) is 2.29. The Kier molecular flexibility index (Phi) is 2.98. The van der Waals surface area contributed by atoms with Crippen LogP contribution in [0.25, 0.3) is 11.5 Å². The summed E-state index contributed by atoms with van der Waals surface area (Å²) in [5.74, 6) is 0.553. The zero-order valence-electron chi connectivity index (χ0n) is 10.9. The molecular weight excluding hydrogens is 243 g/mol. The van der Waals surface area contributed by atoms with Gasteiger partial charge in [-0.1, -0.05) is 13.8 Å². The van der Waals surface area contributed by atoms with Crippen molar-refractivity contribution in [2.24, 2.45) is 0 Å². The first kappa shape index (κ1) is 12.2. The van der Waals surface area contributed by atoms with Crippen LogP contribution in [0.5, 0.6) is 0 Å². The lowest BCUT2D eigenvalue weighted by Gasteiger charge is -2.11. The predicted molar refractivity (Wildman–Crippen MR) is 69.9 cm³/mol. The molecule has 0 bridgehead atoms. The molecule has 1 aliphatic rings. The van der Waals surface area contributed by atoms with Gasteiger partial charge in [0.15, 0.2) is 5.82 Å². The minimum Gasteiger partial charge on any atom is -0.307 e. The van der Waals surface area contributed by atoms with Gasteiger partial charge in [0.25, 0.3) is 0 Å². The minimum atomic E-state index is -0.351. The van der Waals surface area contributed by atoms with Crippen molar-refractivity contribution in [3.63, 3.8) is 0 Å². The van der Waals surface area contributed by atoms with Crippen molar-refractivity contribution in [2.75, 3.05) is 0 Å². The predicted octanol–water partition coefficient (Wildman–Crippen LogP) is 2.40. The molecule has 0 fully saturated rings. The van der Waals surface area contributed by atoms with Gasteiger partial charge in [-0.05, 0) is 18.1 Å². The molecule has 0 spiro atoms. The van der Waals surface area contributed by atoms with E-state index < -0.39 is 0 Å². The summed E-state index contributed by atoms with van der Waals surface area (Å²) in [5, 5.41) is 3.29. The molecule has 0 saturated carbocycles. The van der Waals surface area contributed by atoms with E-state index in [2.05, 4.69) is 34.1 Å². The van der Waals surface area contributed by atoms with E-state index in [0.717, 1.165) is 24.5 Å². The molecule has 98 valence electrons. The molecular formula is C14H15FN4. The fourth-order valence-corrected chi connectivity index (χ4v) is 2.29. The molecule has 3 heterocycles. The molecule has 3 rings (SSSR count). The Morgan fingerprint density at radius 2 is 2.05 bits per heavy atom. The number of hydrogen-bond acceptors (Lipinski definition) is 4. The third-order valence-corrected chi connectivity index (χ3v) is 3.22. The number of nitrogens with zero attached hydrogens (tertiary/aromatic N) is 3. The molecule has 2 aromatic heterocycles. The monoisotopic (exact) mass is 258 g/mol. The van der Waals surface area contributed by atoms with Crippen molar-refractivity contribution in [3.8, 4) is 11.5 Å². The van der Waals surface area contributed by atoms with E-state index >= 15 is 0 Å². The Labute approximate surface area is 111 Å². The van der Waals surface area contributed by atoms with Gasteiger partial charge in [-0.2, -0.15) is 0 Å². The average Bonchev–Trinajstić information content (AvgIpc) is 2.86. The van der Waals surface area contributed by atoms with Crippen LogP contribution in [0.3, 0.4) is 0 Å². The van der Waals surface area contributed by atoms with E-state index in [9.17, 15) is 4.39 Å². The van der Waals surface area contributed by atoms with Crippen LogP contribution in [0.2, 0.25) is 0 Å². The molecule has 19 heavy (non-hydrogen) atoms. The Balaban J connectivity index is 2.12. The number of halogens is 1. The summed E-state index contributed by atoms with van der Waals surface area (Å²) in [6, 6.07) is 3.00. The van der Waals surface area contributed by atoms with Crippen LogP contribution in [-0.2, 0) is 13.1 Å². The van der Waals surface area contributed by atoms with Crippen LogP contribution in [0, 0.1) is 5.82 Å². The van der Waals surface area contributed by atoms with Gasteiger partial charge in [0.2, 0.25) is 0 Å². The first-order valence-electron chi connectivity index (χ1n) is 6.37. The van der Waals surface area contributed by atoms with Crippen molar-refractivity contribution in [1.82, 2.24) is 20.3 Å². The second kappa shape index (κ2) is 4.66. The van der Waals surface area contributed by atoms with Gasteiger partial charge in [-0.3, -0.25) is 0 Å². The second-order valence-corrected chi connectivity index (χ2v) is 4.98. The lowest BCUT2D eigenvalue weighted by Crippen LogP contribution is -2.05. The topological polar surface area (TPSA) is 50.7 Å². The van der Waals surface area contributed by atoms with E-state index in [0.29, 0.717) is 17.4 Å². The third-order valence-electron chi connectivity index (χ3n) is 3.22. The molecule has 2 aromatic rings. The standard InChI is InChI=1S/C14H15FN4/c1-8(2)13-10-6-16-7-12(10)18-14(19-13)11-4-3-9(15)5-17-11/h3-5,8,16H,6-7H2,1-2H3. The van der Waals surface area contributed by atoms with Crippen LogP contribution in [0.4, 0.5) is 4.39 Å². The maximum absolute atomic E-state index is 12.9. The first-order valence-corrected chi connectivity index (χ1v) is 6.37. The largest absolute Gasteiger partial charge is 0.307 e. The zero-order chi connectivity index (χ0) is 13.4. The highest BCUT2D eigenvalue weighted by molar-refractivity contribution is 5.51. The molecule has 1 aliphatic heterocycles. The van der Waals surface area contributed by atoms with E-state index in [4.69, 9.17) is 0 Å². The Hall–Kier alpha value is -1.88. The highest BCUT2D eigenvalue weighted by atomic mass is 19.1. The smallest absolute Gasteiger partial charge is 0.178 e. The van der Waals surface area contributed by atoms with Crippen LogP contribution in [0.1, 0.15) is 36.7 Å². The summed E-state index contributed by atoms with van der Waals surface area (Å²) in [7, 11) is 0. The quantitative estimate of drug-likeness (QED) is 0.898. The molecule has 1 N–H and O–H groups in total. The van der Waals surface area contributed by atoms with Crippen molar-refractivity contribution < 1.29 is 4.39 Å². The van der Waals surface area contributed by atoms with Crippen molar-refractivity contribution in [2.45, 2.75) is 32.9 Å². The van der Waals surface area contributed by atoms with Crippen molar-refractivity contribution in [3.05, 3.63) is 41.1 Å². The number of aromatic nitrogens is 3. The summed E-state index contributed by atoms with van der Waals surface area (Å²) in [6.07, 6.45) is 1.19. The summed E-state index contributed by atoms with van der Waals surface area (Å²) in [5.41, 5.74) is 3.88. The molecule has 0 aliphatic carbocycles. The van der Waals surface area contributed by atoms with E-state index in [1.807, 2.05) is 0 Å². The number of pyridine rings is 1. The molecule has 0 amide bonds. The Morgan fingerprint density at radius 3 is 2.74 bits per heavy atom. The van der Waals surface area contributed by atoms with E-state index in [1.54, 1.807) is 6.07 Å². The molecule has 0 radical (unpaired) electrons. The minimum absolute atomic E-state index is 0.329. The lowest BCUT2D eigenvalue weighted by molar-refractivity contribution is 0.621. The Morgan fingerprint density at radius 1 is 1.21 bits per heavy atom. The summed E-state index contributed by atoms with van der Waals surface area (Å²) in [4.78, 5) is 13.2. The highest BCUT2D eigenvalue weighted by Crippen LogP contribution is 2.26. The van der Waals surface area contributed by atoms with Gasteiger partial charge in [0.1, 0.15) is 11.5 Å². The van der Waals surface area contributed by atoms with Crippen LogP contribution in [-0.4, -0.2) is 15.0 Å². The van der Waals surface area contributed by atoms with Crippen molar-refractivity contribution in [1.29, 1.82) is 0 Å². The Bertz CT molecular complexity index is 608. The zero-order valence-corrected chi connectivity index (χ0v) is 10.9. The van der Waals surface area contributed by atoms with Crippen LogP contribution >= 0.6 is 0 Å². The first-order chi connectivity index (χ1) is 9.15. The van der Waals surface area contributed by atoms with Gasteiger partial charge < -0.3 is 5.32 Å². The molecule has 0 saturated heterocycles. The molecule has 0 aromatic carbocycles. The summed E-state index contributed by atoms with van der Waals surface area (Å²) in [6.45, 7) is 5.80. The average molecular weight is 258 g/mol. The SMILES string of the molecule is CC(C)c1nc(-c2ccc(F)cn2)nc2c1CNC2. The van der Waals surface area contributed by atoms with Crippen molar-refractivity contribution >= 4 is 0 Å².